The summed E-state index contributed by atoms with van der Waals surface area (Å²) in [6.45, 7) is 5.19. The SMILES string of the molecule is C=CCNc1ncnc(N2CCc3ccccc32)c1N. The van der Waals surface area contributed by atoms with E-state index in [0.717, 1.165) is 18.8 Å². The molecule has 0 saturated carbocycles. The van der Waals surface area contributed by atoms with Crippen molar-refractivity contribution in [1.82, 2.24) is 9.97 Å². The average Bonchev–Trinajstić information content (AvgIpc) is 2.90. The van der Waals surface area contributed by atoms with E-state index in [1.54, 1.807) is 6.08 Å². The molecule has 1 aliphatic rings. The van der Waals surface area contributed by atoms with Gasteiger partial charge in [-0.1, -0.05) is 24.3 Å². The van der Waals surface area contributed by atoms with Crippen molar-refractivity contribution in [2.45, 2.75) is 6.42 Å². The second-order valence-electron chi connectivity index (χ2n) is 4.66. The van der Waals surface area contributed by atoms with Gasteiger partial charge in [-0.3, -0.25) is 0 Å². The number of rotatable bonds is 4. The first-order valence-electron chi connectivity index (χ1n) is 6.62. The Bertz CT molecular complexity index is 638. The molecule has 0 amide bonds. The van der Waals surface area contributed by atoms with Crippen LogP contribution in [0.5, 0.6) is 0 Å². The number of nitrogens with zero attached hydrogens (tertiary/aromatic N) is 3. The highest BCUT2D eigenvalue weighted by Gasteiger charge is 2.23. The zero-order valence-electron chi connectivity index (χ0n) is 11.2. The van der Waals surface area contributed by atoms with Crippen molar-refractivity contribution >= 4 is 23.0 Å². The topological polar surface area (TPSA) is 67.1 Å². The lowest BCUT2D eigenvalue weighted by atomic mass is 10.2. The normalized spacial score (nSPS) is 13.1. The summed E-state index contributed by atoms with van der Waals surface area (Å²) in [5.41, 5.74) is 9.27. The molecule has 20 heavy (non-hydrogen) atoms. The summed E-state index contributed by atoms with van der Waals surface area (Å²) in [7, 11) is 0. The Balaban J connectivity index is 1.97. The fourth-order valence-corrected chi connectivity index (χ4v) is 2.47. The molecular formula is C15H17N5. The number of nitrogens with one attached hydrogen (secondary N) is 1. The maximum absolute atomic E-state index is 6.20. The first-order chi connectivity index (χ1) is 9.81. The zero-order valence-corrected chi connectivity index (χ0v) is 11.2. The van der Waals surface area contributed by atoms with E-state index in [4.69, 9.17) is 5.73 Å². The molecule has 2 aromatic rings. The molecule has 0 radical (unpaired) electrons. The Hall–Kier alpha value is -2.56. The number of para-hydroxylation sites is 1. The van der Waals surface area contributed by atoms with Gasteiger partial charge in [0.15, 0.2) is 11.6 Å². The van der Waals surface area contributed by atoms with Crippen LogP contribution in [0.3, 0.4) is 0 Å². The van der Waals surface area contributed by atoms with E-state index in [-0.39, 0.29) is 0 Å². The van der Waals surface area contributed by atoms with Gasteiger partial charge in [-0.15, -0.1) is 6.58 Å². The van der Waals surface area contributed by atoms with Gasteiger partial charge in [0.05, 0.1) is 0 Å². The summed E-state index contributed by atoms with van der Waals surface area (Å²) in [6, 6.07) is 8.33. The largest absolute Gasteiger partial charge is 0.393 e. The molecule has 0 spiro atoms. The number of aromatic nitrogens is 2. The monoisotopic (exact) mass is 267 g/mol. The van der Waals surface area contributed by atoms with Crippen LogP contribution in [0.25, 0.3) is 0 Å². The van der Waals surface area contributed by atoms with Crippen molar-refractivity contribution in [2.24, 2.45) is 0 Å². The van der Waals surface area contributed by atoms with E-state index in [2.05, 4.69) is 45.0 Å². The summed E-state index contributed by atoms with van der Waals surface area (Å²) < 4.78 is 0. The van der Waals surface area contributed by atoms with Crippen molar-refractivity contribution in [3.8, 4) is 0 Å². The molecule has 5 nitrogen and oxygen atoms in total. The number of anilines is 4. The third-order valence-corrected chi connectivity index (χ3v) is 3.42. The lowest BCUT2D eigenvalue weighted by Gasteiger charge is -2.21. The highest BCUT2D eigenvalue weighted by molar-refractivity contribution is 5.81. The predicted molar refractivity (Wildman–Crippen MR) is 82.3 cm³/mol. The Kier molecular flexibility index (Phi) is 3.25. The smallest absolute Gasteiger partial charge is 0.161 e. The molecule has 3 N–H and O–H groups in total. The molecule has 1 aromatic carbocycles. The molecule has 0 atom stereocenters. The highest BCUT2D eigenvalue weighted by atomic mass is 15.2. The number of hydrogen-bond donors (Lipinski definition) is 2. The first kappa shape index (κ1) is 12.5. The van der Waals surface area contributed by atoms with Crippen LogP contribution in [0.1, 0.15) is 5.56 Å². The molecule has 102 valence electrons. The van der Waals surface area contributed by atoms with Gasteiger partial charge in [0.25, 0.3) is 0 Å². The van der Waals surface area contributed by atoms with Crippen molar-refractivity contribution in [2.75, 3.05) is 29.0 Å². The number of nitrogens with two attached hydrogens (primary N) is 1. The minimum Gasteiger partial charge on any atom is -0.393 e. The van der Waals surface area contributed by atoms with Crippen molar-refractivity contribution in [3.63, 3.8) is 0 Å². The molecule has 0 aliphatic carbocycles. The van der Waals surface area contributed by atoms with E-state index in [0.29, 0.717) is 18.1 Å². The molecule has 1 aliphatic heterocycles. The van der Waals surface area contributed by atoms with E-state index in [1.165, 1.54) is 17.6 Å². The molecule has 0 bridgehead atoms. The van der Waals surface area contributed by atoms with Crippen LogP contribution in [-0.2, 0) is 6.42 Å². The van der Waals surface area contributed by atoms with Gasteiger partial charge in [-0.05, 0) is 18.1 Å². The lowest BCUT2D eigenvalue weighted by molar-refractivity contribution is 0.966. The van der Waals surface area contributed by atoms with Crippen molar-refractivity contribution in [3.05, 3.63) is 48.8 Å². The van der Waals surface area contributed by atoms with Gasteiger partial charge in [-0.2, -0.15) is 0 Å². The van der Waals surface area contributed by atoms with Gasteiger partial charge < -0.3 is 16.0 Å². The third-order valence-electron chi connectivity index (χ3n) is 3.42. The highest BCUT2D eigenvalue weighted by Crippen LogP contribution is 2.37. The van der Waals surface area contributed by atoms with Gasteiger partial charge >= 0.3 is 0 Å². The number of fused-ring (bicyclic) bond motifs is 1. The van der Waals surface area contributed by atoms with Crippen molar-refractivity contribution in [1.29, 1.82) is 0 Å². The fraction of sp³-hybridized carbons (Fsp3) is 0.200. The zero-order chi connectivity index (χ0) is 13.9. The molecule has 1 aromatic heterocycles. The van der Waals surface area contributed by atoms with Crippen LogP contribution >= 0.6 is 0 Å². The number of hydrogen-bond acceptors (Lipinski definition) is 5. The summed E-state index contributed by atoms with van der Waals surface area (Å²) in [5.74, 6) is 1.41. The van der Waals surface area contributed by atoms with Crippen LogP contribution < -0.4 is 16.0 Å². The lowest BCUT2D eigenvalue weighted by Crippen LogP contribution is -2.18. The summed E-state index contributed by atoms with van der Waals surface area (Å²) in [5, 5.41) is 3.13. The van der Waals surface area contributed by atoms with Gasteiger partial charge in [0.2, 0.25) is 0 Å². The Morgan fingerprint density at radius 1 is 1.35 bits per heavy atom. The second kappa shape index (κ2) is 5.21. The van der Waals surface area contributed by atoms with Gasteiger partial charge in [0, 0.05) is 18.8 Å². The average molecular weight is 267 g/mol. The Morgan fingerprint density at radius 2 is 2.20 bits per heavy atom. The summed E-state index contributed by atoms with van der Waals surface area (Å²) in [6.07, 6.45) is 4.32. The molecule has 3 rings (SSSR count). The molecule has 5 heteroatoms. The van der Waals surface area contributed by atoms with Gasteiger partial charge in [0.1, 0.15) is 12.0 Å². The first-order valence-corrected chi connectivity index (χ1v) is 6.62. The molecule has 0 saturated heterocycles. The van der Waals surface area contributed by atoms with Gasteiger partial charge in [-0.25, -0.2) is 9.97 Å². The van der Waals surface area contributed by atoms with E-state index >= 15 is 0 Å². The standard InChI is InChI=1S/C15H17N5/c1-2-8-17-14-13(16)15(19-10-18-14)20-9-7-11-5-3-4-6-12(11)20/h2-6,10H,1,7-9,16H2,(H,17,18,19). The minimum absolute atomic E-state index is 0.575. The van der Waals surface area contributed by atoms with E-state index < -0.39 is 0 Å². The maximum Gasteiger partial charge on any atom is 0.161 e. The quantitative estimate of drug-likeness (QED) is 0.832. The third kappa shape index (κ3) is 2.07. The fourth-order valence-electron chi connectivity index (χ4n) is 2.47. The number of nitrogen functional groups attached to an aromatic ring is 1. The van der Waals surface area contributed by atoms with Crippen LogP contribution in [-0.4, -0.2) is 23.1 Å². The Morgan fingerprint density at radius 3 is 3.05 bits per heavy atom. The molecule has 2 heterocycles. The molecular weight excluding hydrogens is 250 g/mol. The summed E-state index contributed by atoms with van der Waals surface area (Å²) in [4.78, 5) is 10.7. The van der Waals surface area contributed by atoms with Crippen LogP contribution in [0.4, 0.5) is 23.0 Å². The van der Waals surface area contributed by atoms with E-state index in [9.17, 15) is 0 Å². The molecule has 0 fully saturated rings. The Labute approximate surface area is 118 Å². The van der Waals surface area contributed by atoms with Crippen LogP contribution in [0.15, 0.2) is 43.2 Å². The second-order valence-corrected chi connectivity index (χ2v) is 4.66. The van der Waals surface area contributed by atoms with Crippen molar-refractivity contribution < 1.29 is 0 Å². The summed E-state index contributed by atoms with van der Waals surface area (Å²) >= 11 is 0. The van der Waals surface area contributed by atoms with Crippen LogP contribution in [0, 0.1) is 0 Å². The predicted octanol–water partition coefficient (Wildman–Crippen LogP) is 2.35. The number of benzene rings is 1. The maximum atomic E-state index is 6.20. The van der Waals surface area contributed by atoms with E-state index in [1.807, 2.05) is 6.07 Å². The minimum atomic E-state index is 0.575. The molecule has 0 unspecified atom stereocenters. The van der Waals surface area contributed by atoms with Crippen LogP contribution in [0.2, 0.25) is 0 Å².